The van der Waals surface area contributed by atoms with Crippen molar-refractivity contribution in [2.24, 2.45) is 27.1 Å². The number of carbonyl (C=O) groups excluding carboxylic acids is 1. The van der Waals surface area contributed by atoms with E-state index in [1.54, 1.807) is 0 Å². The van der Waals surface area contributed by atoms with Gasteiger partial charge in [0.15, 0.2) is 5.78 Å². The van der Waals surface area contributed by atoms with Crippen LogP contribution in [0, 0.1) is 47.0 Å². The van der Waals surface area contributed by atoms with Crippen molar-refractivity contribution in [1.82, 2.24) is 4.98 Å². The number of benzene rings is 3. The smallest absolute Gasteiger partial charge is 0.164 e. The monoisotopic (exact) mass is 938 g/mol. The fourth-order valence-electron chi connectivity index (χ4n) is 9.29. The molecule has 0 aliphatic heterocycles. The maximum absolute atomic E-state index is 12.5. The number of aryl methyl sites for hydroxylation is 2. The Labute approximate surface area is 355 Å². The number of nitrogens with zero attached hydrogens (tertiary/aromatic N) is 1. The molecule has 4 heteroatoms. The summed E-state index contributed by atoms with van der Waals surface area (Å²) in [6, 6.07) is 21.7. The molecular formula is C52H74IrNO2-. The van der Waals surface area contributed by atoms with E-state index in [1.165, 1.54) is 70.2 Å². The van der Waals surface area contributed by atoms with Gasteiger partial charge in [-0.05, 0) is 103 Å². The summed E-state index contributed by atoms with van der Waals surface area (Å²) in [6.45, 7) is 36.9. The van der Waals surface area contributed by atoms with Gasteiger partial charge >= 0.3 is 0 Å². The van der Waals surface area contributed by atoms with Crippen LogP contribution in [0.5, 0.6) is 0 Å². The van der Waals surface area contributed by atoms with Crippen LogP contribution in [0.2, 0.25) is 0 Å². The van der Waals surface area contributed by atoms with E-state index >= 15 is 0 Å². The minimum absolute atomic E-state index is 0. The van der Waals surface area contributed by atoms with Crippen molar-refractivity contribution in [1.29, 1.82) is 0 Å². The molecule has 56 heavy (non-hydrogen) atoms. The Morgan fingerprint density at radius 2 is 1.38 bits per heavy atom. The number of aliphatic hydroxyl groups is 1. The summed E-state index contributed by atoms with van der Waals surface area (Å²) in [5.41, 5.74) is 8.66. The van der Waals surface area contributed by atoms with Gasteiger partial charge in [0.1, 0.15) is 5.76 Å². The van der Waals surface area contributed by atoms with E-state index in [0.717, 1.165) is 29.6 Å². The van der Waals surface area contributed by atoms with Crippen LogP contribution in [0.15, 0.2) is 60.4 Å². The van der Waals surface area contributed by atoms with E-state index in [2.05, 4.69) is 145 Å². The van der Waals surface area contributed by atoms with Gasteiger partial charge in [0.25, 0.3) is 0 Å². The molecule has 0 amide bonds. The van der Waals surface area contributed by atoms with Crippen LogP contribution in [0.1, 0.15) is 171 Å². The third kappa shape index (κ3) is 12.3. The second-order valence-electron chi connectivity index (χ2n) is 22.5. The number of pyridine rings is 1. The molecule has 1 saturated carbocycles. The first-order valence-electron chi connectivity index (χ1n) is 20.8. The first-order chi connectivity index (χ1) is 25.0. The summed E-state index contributed by atoms with van der Waals surface area (Å²) in [5.74, 6) is 0.808. The Morgan fingerprint density at radius 3 is 1.93 bits per heavy atom. The molecule has 1 radical (unpaired) electrons. The Morgan fingerprint density at radius 1 is 0.821 bits per heavy atom. The maximum Gasteiger partial charge on any atom is 0.164 e. The maximum atomic E-state index is 12.5. The predicted octanol–water partition coefficient (Wildman–Crippen LogP) is 15.4. The van der Waals surface area contributed by atoms with Crippen molar-refractivity contribution in [3.05, 3.63) is 88.7 Å². The summed E-state index contributed by atoms with van der Waals surface area (Å²) in [5, 5.41) is 14.3. The molecule has 1 aromatic heterocycles. The first kappa shape index (κ1) is 47.6. The summed E-state index contributed by atoms with van der Waals surface area (Å²) >= 11 is 0. The van der Waals surface area contributed by atoms with Gasteiger partial charge in [-0.15, -0.1) is 29.1 Å². The third-order valence-corrected chi connectivity index (χ3v) is 11.5. The van der Waals surface area contributed by atoms with Gasteiger partial charge in [-0.2, -0.15) is 0 Å². The fraction of sp³-hybridized carbons (Fsp3) is 0.577. The van der Waals surface area contributed by atoms with Crippen molar-refractivity contribution in [2.75, 3.05) is 0 Å². The molecule has 4 aromatic rings. The van der Waals surface area contributed by atoms with E-state index in [1.807, 2.05) is 27.7 Å². The molecular weight excluding hydrogens is 863 g/mol. The summed E-state index contributed by atoms with van der Waals surface area (Å²) < 4.78 is 0. The number of aromatic nitrogens is 1. The summed E-state index contributed by atoms with van der Waals surface area (Å²) in [4.78, 5) is 17.8. The molecule has 0 bridgehead atoms. The molecule has 5 rings (SSSR count). The minimum atomic E-state index is -0.454. The van der Waals surface area contributed by atoms with Crippen LogP contribution in [-0.2, 0) is 30.3 Å². The van der Waals surface area contributed by atoms with Crippen LogP contribution in [0.25, 0.3) is 32.9 Å². The normalized spacial score (nSPS) is 16.0. The molecule has 0 spiro atoms. The molecule has 0 atom stereocenters. The largest absolute Gasteiger partial charge is 0.512 e. The van der Waals surface area contributed by atoms with Gasteiger partial charge in [-0.1, -0.05) is 145 Å². The van der Waals surface area contributed by atoms with Crippen molar-refractivity contribution in [3.63, 3.8) is 0 Å². The third-order valence-electron chi connectivity index (χ3n) is 11.5. The van der Waals surface area contributed by atoms with E-state index in [-0.39, 0.29) is 53.3 Å². The van der Waals surface area contributed by atoms with Crippen molar-refractivity contribution in [2.45, 2.75) is 168 Å². The molecule has 0 unspecified atom stereocenters. The van der Waals surface area contributed by atoms with Gasteiger partial charge in [0.05, 0.1) is 5.52 Å². The molecule has 1 aliphatic carbocycles. The van der Waals surface area contributed by atoms with Crippen LogP contribution < -0.4 is 0 Å². The molecule has 1 N–H and O–H groups in total. The van der Waals surface area contributed by atoms with E-state index in [0.29, 0.717) is 11.3 Å². The van der Waals surface area contributed by atoms with E-state index < -0.39 is 5.41 Å². The van der Waals surface area contributed by atoms with Crippen molar-refractivity contribution < 1.29 is 30.0 Å². The zero-order valence-electron chi connectivity index (χ0n) is 38.2. The number of hydrogen-bond acceptors (Lipinski definition) is 3. The molecule has 0 saturated heterocycles. The number of carbonyl (C=O) groups is 1. The second kappa shape index (κ2) is 17.2. The zero-order valence-corrected chi connectivity index (χ0v) is 40.5. The Bertz CT molecular complexity index is 2030. The topological polar surface area (TPSA) is 50.2 Å². The minimum Gasteiger partial charge on any atom is -0.512 e. The quantitative estimate of drug-likeness (QED) is 0.114. The van der Waals surface area contributed by atoms with Crippen molar-refractivity contribution in [3.8, 4) is 11.3 Å². The predicted molar refractivity (Wildman–Crippen MR) is 238 cm³/mol. The Balaban J connectivity index is 0.000000333. The molecule has 3 nitrogen and oxygen atoms in total. The van der Waals surface area contributed by atoms with E-state index in [4.69, 9.17) is 4.98 Å². The molecule has 3 aromatic carbocycles. The van der Waals surface area contributed by atoms with Gasteiger partial charge in [0.2, 0.25) is 0 Å². The standard InChI is InChI=1S/C33H38N.C19H36O2.Ir/c1-21-16-22(2)31-27(23-12-14-33(6,7)15-13-23)20-29(34-30(31)17-21)25-18-24-10-8-9-11-26(24)28(19-25)32(3,4)5;1-16(2,3)12-18(7,8)14(20)11-15(21)19(9,10)13-17(4,5)6;/h8-11,16-17,19-20,23H,12-15H2,1-7H3;11,20H,12-13H2,1-10H3;/q-1;;/b;14-11-;. The fourth-order valence-corrected chi connectivity index (χ4v) is 9.29. The summed E-state index contributed by atoms with van der Waals surface area (Å²) in [6.07, 6.45) is 8.17. The number of hydrogen-bond donors (Lipinski definition) is 1. The zero-order chi connectivity index (χ0) is 41.5. The van der Waals surface area contributed by atoms with Crippen LogP contribution >= 0.6 is 0 Å². The molecule has 1 heterocycles. The Kier molecular flexibility index (Phi) is 14.6. The molecule has 1 fully saturated rings. The first-order valence-corrected chi connectivity index (χ1v) is 20.8. The summed E-state index contributed by atoms with van der Waals surface area (Å²) in [7, 11) is 0. The molecule has 1 aliphatic rings. The van der Waals surface area contributed by atoms with Gasteiger partial charge in [-0.3, -0.25) is 9.78 Å². The SMILES string of the molecule is CC(C)(C)CC(C)(C)C(=O)/C=C(\O)C(C)(C)CC(C)(C)C.Cc1cc(C)c2c(C3CCC(C)(C)CC3)cc(-c3[c-]c4ccccc4c(C(C)(C)C)c3)nc2c1.[Ir]. The number of ketones is 1. The number of rotatable bonds is 7. The van der Waals surface area contributed by atoms with Crippen LogP contribution in [0.4, 0.5) is 0 Å². The van der Waals surface area contributed by atoms with Crippen molar-refractivity contribution >= 4 is 27.5 Å². The van der Waals surface area contributed by atoms with Gasteiger partial charge in [-0.25, -0.2) is 0 Å². The van der Waals surface area contributed by atoms with Crippen LogP contribution in [-0.4, -0.2) is 15.9 Å². The number of aliphatic hydroxyl groups excluding tert-OH is 1. The second-order valence-corrected chi connectivity index (χ2v) is 22.5. The van der Waals surface area contributed by atoms with Gasteiger partial charge in [0, 0.05) is 48.1 Å². The average Bonchev–Trinajstić information content (AvgIpc) is 3.01. The van der Waals surface area contributed by atoms with Gasteiger partial charge < -0.3 is 5.11 Å². The number of allylic oxidation sites excluding steroid dienone is 2. The average molecular weight is 937 g/mol. The van der Waals surface area contributed by atoms with Crippen LogP contribution in [0.3, 0.4) is 0 Å². The Hall–Kier alpha value is -2.81. The number of fused-ring (bicyclic) bond motifs is 2. The molecule has 309 valence electrons. The van der Waals surface area contributed by atoms with E-state index in [9.17, 15) is 9.90 Å².